The highest BCUT2D eigenvalue weighted by atomic mass is 19.4. The predicted octanol–water partition coefficient (Wildman–Crippen LogP) is 2.54. The molecule has 0 amide bonds. The lowest BCUT2D eigenvalue weighted by Crippen LogP contribution is -2.16. The van der Waals surface area contributed by atoms with Gasteiger partial charge in [0.2, 0.25) is 0 Å². The number of rotatable bonds is 3. The number of aliphatic carboxylic acids is 1. The van der Waals surface area contributed by atoms with Gasteiger partial charge in [-0.2, -0.15) is 18.4 Å². The monoisotopic (exact) mass is 280 g/mol. The van der Waals surface area contributed by atoms with E-state index in [4.69, 9.17) is 10.4 Å². The Morgan fingerprint density at radius 2 is 2.05 bits per heavy atom. The smallest absolute Gasteiger partial charge is 0.418 e. The van der Waals surface area contributed by atoms with Crippen LogP contribution in [0.2, 0.25) is 0 Å². The Morgan fingerprint density at radius 3 is 2.42 bits per heavy atom. The first-order valence-corrected chi connectivity index (χ1v) is 4.67. The summed E-state index contributed by atoms with van der Waals surface area (Å²) in [4.78, 5) is 13.6. The van der Waals surface area contributed by atoms with Crippen molar-refractivity contribution >= 4 is 5.97 Å². The van der Waals surface area contributed by atoms with Gasteiger partial charge in [-0.3, -0.25) is 4.79 Å². The topological polar surface area (TPSA) is 74.0 Å². The Balaban J connectivity index is 3.64. The third kappa shape index (κ3) is 3.15. The molecule has 0 radical (unpaired) electrons. The Bertz CT molecular complexity index is 548. The fourth-order valence-electron chi connectivity index (χ4n) is 1.47. The number of hydrogen-bond acceptors (Lipinski definition) is 3. The zero-order chi connectivity index (χ0) is 14.8. The van der Waals surface area contributed by atoms with Crippen molar-refractivity contribution < 1.29 is 31.9 Å². The maximum absolute atomic E-state index is 12.8. The van der Waals surface area contributed by atoms with E-state index in [1.54, 1.807) is 0 Å². The zero-order valence-corrected chi connectivity index (χ0v) is 9.00. The second kappa shape index (κ2) is 5.17. The van der Waals surface area contributed by atoms with Gasteiger partial charge in [0, 0.05) is 17.3 Å². The molecule has 1 heterocycles. The molecular formula is C10H5F5N2O2. The third-order valence-electron chi connectivity index (χ3n) is 2.18. The van der Waals surface area contributed by atoms with Gasteiger partial charge in [-0.25, -0.2) is 13.8 Å². The number of nitriles is 1. The molecule has 0 bridgehead atoms. The van der Waals surface area contributed by atoms with E-state index in [2.05, 4.69) is 4.98 Å². The summed E-state index contributed by atoms with van der Waals surface area (Å²) in [6.07, 6.45) is -9.72. The molecule has 0 saturated heterocycles. The van der Waals surface area contributed by atoms with Gasteiger partial charge in [-0.1, -0.05) is 0 Å². The molecule has 0 fully saturated rings. The van der Waals surface area contributed by atoms with Crippen LogP contribution in [-0.4, -0.2) is 16.1 Å². The maximum atomic E-state index is 12.8. The predicted molar refractivity (Wildman–Crippen MR) is 50.3 cm³/mol. The summed E-state index contributed by atoms with van der Waals surface area (Å²) < 4.78 is 63.2. The van der Waals surface area contributed by atoms with Crippen molar-refractivity contribution in [3.8, 4) is 6.07 Å². The molecule has 1 rings (SSSR count). The van der Waals surface area contributed by atoms with Crippen molar-refractivity contribution in [2.75, 3.05) is 0 Å². The van der Waals surface area contributed by atoms with E-state index in [1.165, 1.54) is 6.07 Å². The largest absolute Gasteiger partial charge is 0.481 e. The van der Waals surface area contributed by atoms with Crippen LogP contribution in [-0.2, 0) is 17.4 Å². The first-order chi connectivity index (χ1) is 8.68. The minimum atomic E-state index is -5.11. The standard InChI is InChI=1S/C10H5F5N2O2/c11-9(12)8-4(1-7(18)19)6(2-16)17-3-5(8)10(13,14)15/h3,9H,1H2,(H,18,19). The molecule has 9 heteroatoms. The van der Waals surface area contributed by atoms with Crippen molar-refractivity contribution in [3.63, 3.8) is 0 Å². The van der Waals surface area contributed by atoms with Crippen LogP contribution in [0.5, 0.6) is 0 Å². The average molecular weight is 280 g/mol. The number of carbonyl (C=O) groups is 1. The summed E-state index contributed by atoms with van der Waals surface area (Å²) in [7, 11) is 0. The van der Waals surface area contributed by atoms with E-state index < -0.39 is 47.4 Å². The molecule has 0 aliphatic heterocycles. The van der Waals surface area contributed by atoms with Crippen molar-refractivity contribution in [1.82, 2.24) is 4.98 Å². The second-order valence-corrected chi connectivity index (χ2v) is 3.39. The number of alkyl halides is 5. The lowest BCUT2D eigenvalue weighted by atomic mass is 9.98. The van der Waals surface area contributed by atoms with Gasteiger partial charge in [-0.15, -0.1) is 0 Å². The summed E-state index contributed by atoms with van der Waals surface area (Å²) in [5.41, 5.74) is -4.93. The van der Waals surface area contributed by atoms with Gasteiger partial charge in [0.15, 0.2) is 0 Å². The lowest BCUT2D eigenvalue weighted by Gasteiger charge is -2.15. The molecule has 4 nitrogen and oxygen atoms in total. The van der Waals surface area contributed by atoms with Gasteiger partial charge < -0.3 is 5.11 Å². The van der Waals surface area contributed by atoms with Crippen LogP contribution in [0.1, 0.15) is 28.8 Å². The van der Waals surface area contributed by atoms with Crippen LogP contribution in [0.25, 0.3) is 0 Å². The van der Waals surface area contributed by atoms with E-state index in [-0.39, 0.29) is 6.20 Å². The number of nitrogens with zero attached hydrogens (tertiary/aromatic N) is 2. The van der Waals surface area contributed by atoms with Crippen LogP contribution in [0.15, 0.2) is 6.20 Å². The van der Waals surface area contributed by atoms with Gasteiger partial charge in [0.05, 0.1) is 12.0 Å². The van der Waals surface area contributed by atoms with Crippen LogP contribution >= 0.6 is 0 Å². The van der Waals surface area contributed by atoms with Crippen LogP contribution in [0.3, 0.4) is 0 Å². The SMILES string of the molecule is N#Cc1ncc(C(F)(F)F)c(C(F)F)c1CC(=O)O. The van der Waals surface area contributed by atoms with E-state index in [0.29, 0.717) is 0 Å². The molecule has 1 aromatic heterocycles. The molecule has 1 aromatic rings. The van der Waals surface area contributed by atoms with E-state index in [9.17, 15) is 26.7 Å². The molecule has 19 heavy (non-hydrogen) atoms. The summed E-state index contributed by atoms with van der Waals surface area (Å²) in [5, 5.41) is 17.1. The lowest BCUT2D eigenvalue weighted by molar-refractivity contribution is -0.140. The first kappa shape index (κ1) is 14.8. The Labute approximate surface area is 103 Å². The highest BCUT2D eigenvalue weighted by Crippen LogP contribution is 2.38. The molecular weight excluding hydrogens is 275 g/mol. The summed E-state index contributed by atoms with van der Waals surface area (Å²) >= 11 is 0. The summed E-state index contributed by atoms with van der Waals surface area (Å²) in [6.45, 7) is 0. The quantitative estimate of drug-likeness (QED) is 0.863. The van der Waals surface area contributed by atoms with Crippen molar-refractivity contribution in [1.29, 1.82) is 5.26 Å². The first-order valence-electron chi connectivity index (χ1n) is 4.67. The molecule has 0 atom stereocenters. The third-order valence-corrected chi connectivity index (χ3v) is 2.18. The van der Waals surface area contributed by atoms with Gasteiger partial charge in [-0.05, 0) is 0 Å². The molecule has 0 aromatic carbocycles. The van der Waals surface area contributed by atoms with Gasteiger partial charge >= 0.3 is 12.1 Å². The van der Waals surface area contributed by atoms with Crippen LogP contribution in [0.4, 0.5) is 22.0 Å². The Hall–Kier alpha value is -2.24. The van der Waals surface area contributed by atoms with Gasteiger partial charge in [0.1, 0.15) is 11.8 Å². The minimum absolute atomic E-state index is 0.103. The van der Waals surface area contributed by atoms with Crippen molar-refractivity contribution in [2.24, 2.45) is 0 Å². The highest BCUT2D eigenvalue weighted by molar-refractivity contribution is 5.72. The Kier molecular flexibility index (Phi) is 4.04. The number of halogens is 5. The summed E-state index contributed by atoms with van der Waals surface area (Å²) in [5.74, 6) is -1.64. The molecule has 102 valence electrons. The van der Waals surface area contributed by atoms with E-state index in [0.717, 1.165) is 0 Å². The minimum Gasteiger partial charge on any atom is -0.481 e. The second-order valence-electron chi connectivity index (χ2n) is 3.39. The van der Waals surface area contributed by atoms with E-state index in [1.807, 2.05) is 0 Å². The highest BCUT2D eigenvalue weighted by Gasteiger charge is 2.38. The molecule has 0 saturated carbocycles. The molecule has 1 N–H and O–H groups in total. The number of aromatic nitrogens is 1. The van der Waals surface area contributed by atoms with Crippen LogP contribution in [0, 0.1) is 11.3 Å². The van der Waals surface area contributed by atoms with Crippen molar-refractivity contribution in [3.05, 3.63) is 28.6 Å². The zero-order valence-electron chi connectivity index (χ0n) is 9.00. The number of hydrogen-bond donors (Lipinski definition) is 1. The van der Waals surface area contributed by atoms with Crippen molar-refractivity contribution in [2.45, 2.75) is 19.0 Å². The Morgan fingerprint density at radius 1 is 1.47 bits per heavy atom. The number of carboxylic acids is 1. The fraction of sp³-hybridized carbons (Fsp3) is 0.300. The fourth-order valence-corrected chi connectivity index (χ4v) is 1.47. The number of pyridine rings is 1. The normalized spacial score (nSPS) is 11.4. The van der Waals surface area contributed by atoms with E-state index >= 15 is 0 Å². The van der Waals surface area contributed by atoms with Crippen LogP contribution < -0.4 is 0 Å². The average Bonchev–Trinajstić information content (AvgIpc) is 2.25. The van der Waals surface area contributed by atoms with Gasteiger partial charge in [0.25, 0.3) is 6.43 Å². The molecule has 0 aliphatic rings. The molecule has 0 aliphatic carbocycles. The molecule has 0 spiro atoms. The number of carboxylic acid groups (broad SMARTS) is 1. The molecule has 0 unspecified atom stereocenters. The maximum Gasteiger partial charge on any atom is 0.418 e. The summed E-state index contributed by atoms with van der Waals surface area (Å²) in [6, 6.07) is 1.30.